The van der Waals surface area contributed by atoms with Gasteiger partial charge in [-0.15, -0.1) is 0 Å². The second-order valence-electron chi connectivity index (χ2n) is 7.07. The van der Waals surface area contributed by atoms with Crippen LogP contribution >= 0.6 is 0 Å². The fourth-order valence-electron chi connectivity index (χ4n) is 2.85. The van der Waals surface area contributed by atoms with E-state index in [1.165, 1.54) is 0 Å². The molecule has 1 fully saturated rings. The number of nitrogens with one attached hydrogen (secondary N) is 2. The largest absolute Gasteiger partial charge is 0.377 e. The van der Waals surface area contributed by atoms with Gasteiger partial charge in [0.15, 0.2) is 5.96 Å². The minimum Gasteiger partial charge on any atom is -0.377 e. The lowest BCUT2D eigenvalue weighted by molar-refractivity contribution is -0.0823. The van der Waals surface area contributed by atoms with E-state index in [0.717, 1.165) is 19.4 Å². The molecule has 0 aromatic heterocycles. The van der Waals surface area contributed by atoms with Crippen LogP contribution in [0.4, 0.5) is 0 Å². The van der Waals surface area contributed by atoms with E-state index in [-0.39, 0.29) is 23.8 Å². The molecular formula is C15H32N4O3S. The molecule has 7 nitrogen and oxygen atoms in total. The summed E-state index contributed by atoms with van der Waals surface area (Å²) >= 11 is 0. The van der Waals surface area contributed by atoms with Crippen molar-refractivity contribution in [3.63, 3.8) is 0 Å². The minimum atomic E-state index is -3.46. The Bertz CT molecular complexity index is 485. The van der Waals surface area contributed by atoms with E-state index in [0.29, 0.717) is 25.0 Å². The van der Waals surface area contributed by atoms with Crippen molar-refractivity contribution >= 4 is 16.0 Å². The standard InChI is InChI=1S/C15H32N4O3S/c1-5-17-14(18-8-10-23(16,20)21)19-11-12-7-6-9-22-13(12)15(2,3)4/h12-13H,5-11H2,1-4H3,(H2,16,20,21)(H2,17,18,19). The molecule has 0 saturated carbocycles. The molecule has 0 aromatic rings. The molecule has 0 radical (unpaired) electrons. The van der Waals surface area contributed by atoms with E-state index in [1.807, 2.05) is 6.92 Å². The Labute approximate surface area is 140 Å². The Morgan fingerprint density at radius 1 is 1.35 bits per heavy atom. The molecule has 1 aliphatic rings. The van der Waals surface area contributed by atoms with E-state index in [4.69, 9.17) is 9.88 Å². The van der Waals surface area contributed by atoms with Crippen LogP contribution in [0.15, 0.2) is 4.99 Å². The van der Waals surface area contributed by atoms with Gasteiger partial charge in [0.2, 0.25) is 10.0 Å². The van der Waals surface area contributed by atoms with Crippen LogP contribution in [-0.4, -0.2) is 52.5 Å². The molecule has 4 N–H and O–H groups in total. The topological polar surface area (TPSA) is 106 Å². The number of nitrogens with two attached hydrogens (primary N) is 1. The summed E-state index contributed by atoms with van der Waals surface area (Å²) in [7, 11) is -3.46. The molecule has 2 atom stereocenters. The monoisotopic (exact) mass is 348 g/mol. The third-order valence-electron chi connectivity index (χ3n) is 3.81. The van der Waals surface area contributed by atoms with Gasteiger partial charge in [-0.2, -0.15) is 0 Å². The summed E-state index contributed by atoms with van der Waals surface area (Å²) in [6.45, 7) is 11.0. The van der Waals surface area contributed by atoms with Gasteiger partial charge in [0.05, 0.1) is 11.9 Å². The highest BCUT2D eigenvalue weighted by molar-refractivity contribution is 7.89. The molecule has 0 bridgehead atoms. The normalized spacial score (nSPS) is 23.6. The van der Waals surface area contributed by atoms with Gasteiger partial charge in [-0.05, 0) is 25.2 Å². The van der Waals surface area contributed by atoms with Crippen LogP contribution in [0.5, 0.6) is 0 Å². The van der Waals surface area contributed by atoms with Crippen LogP contribution in [0, 0.1) is 11.3 Å². The number of ether oxygens (including phenoxy) is 1. The number of hydrogen-bond donors (Lipinski definition) is 3. The highest BCUT2D eigenvalue weighted by atomic mass is 32.2. The second kappa shape index (κ2) is 8.84. The fourth-order valence-corrected chi connectivity index (χ4v) is 3.24. The van der Waals surface area contributed by atoms with Crippen molar-refractivity contribution < 1.29 is 13.2 Å². The number of aliphatic imine (C=N–C) groups is 1. The van der Waals surface area contributed by atoms with Crippen LogP contribution in [0.3, 0.4) is 0 Å². The molecule has 136 valence electrons. The number of hydrogen-bond acceptors (Lipinski definition) is 4. The quantitative estimate of drug-likeness (QED) is 0.483. The van der Waals surface area contributed by atoms with Crippen molar-refractivity contribution in [1.29, 1.82) is 0 Å². The van der Waals surface area contributed by atoms with E-state index in [1.54, 1.807) is 0 Å². The van der Waals surface area contributed by atoms with Gasteiger partial charge in [-0.3, -0.25) is 4.99 Å². The van der Waals surface area contributed by atoms with Gasteiger partial charge >= 0.3 is 0 Å². The van der Waals surface area contributed by atoms with Crippen LogP contribution in [0.2, 0.25) is 0 Å². The average molecular weight is 349 g/mol. The van der Waals surface area contributed by atoms with Gasteiger partial charge in [-0.25, -0.2) is 13.6 Å². The third-order valence-corrected chi connectivity index (χ3v) is 4.58. The molecule has 0 aliphatic carbocycles. The van der Waals surface area contributed by atoms with Gasteiger partial charge < -0.3 is 15.4 Å². The minimum absolute atomic E-state index is 0.0833. The summed E-state index contributed by atoms with van der Waals surface area (Å²) in [5.41, 5.74) is 0.0833. The highest BCUT2D eigenvalue weighted by Gasteiger charge is 2.35. The Hall–Kier alpha value is -0.860. The molecule has 8 heteroatoms. The molecule has 2 unspecified atom stereocenters. The van der Waals surface area contributed by atoms with Crippen LogP contribution in [-0.2, 0) is 14.8 Å². The second-order valence-corrected chi connectivity index (χ2v) is 8.81. The molecule has 0 aromatic carbocycles. The number of rotatable bonds is 6. The zero-order valence-electron chi connectivity index (χ0n) is 14.8. The summed E-state index contributed by atoms with van der Waals surface area (Å²) < 4.78 is 27.9. The number of primary sulfonamides is 1. The zero-order valence-corrected chi connectivity index (χ0v) is 15.6. The summed E-state index contributed by atoms with van der Waals surface area (Å²) in [6.07, 6.45) is 2.34. The highest BCUT2D eigenvalue weighted by Crippen LogP contribution is 2.34. The lowest BCUT2D eigenvalue weighted by Gasteiger charge is -2.39. The molecule has 1 rings (SSSR count). The van der Waals surface area contributed by atoms with Crippen molar-refractivity contribution in [2.45, 2.75) is 46.6 Å². The zero-order chi connectivity index (χ0) is 17.5. The molecule has 0 spiro atoms. The van der Waals surface area contributed by atoms with Crippen molar-refractivity contribution in [2.24, 2.45) is 21.5 Å². The van der Waals surface area contributed by atoms with Crippen molar-refractivity contribution in [3.8, 4) is 0 Å². The van der Waals surface area contributed by atoms with E-state index in [9.17, 15) is 8.42 Å². The van der Waals surface area contributed by atoms with Gasteiger partial charge in [0.25, 0.3) is 0 Å². The van der Waals surface area contributed by atoms with Crippen molar-refractivity contribution in [1.82, 2.24) is 10.6 Å². The SMILES string of the molecule is CCNC(=NCC1CCCOC1C(C)(C)C)NCCS(N)(=O)=O. The third kappa shape index (κ3) is 7.99. The Kier molecular flexibility index (Phi) is 7.76. The van der Waals surface area contributed by atoms with Crippen molar-refractivity contribution in [3.05, 3.63) is 0 Å². The molecule has 0 amide bonds. The van der Waals surface area contributed by atoms with Gasteiger partial charge in [0.1, 0.15) is 0 Å². The molecule has 1 aliphatic heterocycles. The van der Waals surface area contributed by atoms with E-state index < -0.39 is 10.0 Å². The summed E-state index contributed by atoms with van der Waals surface area (Å²) in [5.74, 6) is 0.876. The smallest absolute Gasteiger partial charge is 0.210 e. The average Bonchev–Trinajstić information content (AvgIpc) is 2.43. The predicted octanol–water partition coefficient (Wildman–Crippen LogP) is 0.671. The molecule has 1 heterocycles. The summed E-state index contributed by atoms with van der Waals surface area (Å²) in [4.78, 5) is 4.60. The van der Waals surface area contributed by atoms with E-state index in [2.05, 4.69) is 36.4 Å². The first-order valence-corrected chi connectivity index (χ1v) is 9.99. The lowest BCUT2D eigenvalue weighted by Crippen LogP contribution is -2.43. The first-order chi connectivity index (χ1) is 10.6. The molecule has 1 saturated heterocycles. The Morgan fingerprint density at radius 3 is 2.61 bits per heavy atom. The lowest BCUT2D eigenvalue weighted by atomic mass is 9.78. The first kappa shape index (κ1) is 20.2. The molecular weight excluding hydrogens is 316 g/mol. The Balaban J connectivity index is 2.63. The first-order valence-electron chi connectivity index (χ1n) is 8.27. The maximum atomic E-state index is 11.0. The van der Waals surface area contributed by atoms with Crippen molar-refractivity contribution in [2.75, 3.05) is 32.0 Å². The summed E-state index contributed by atoms with van der Waals surface area (Å²) in [6, 6.07) is 0. The van der Waals surface area contributed by atoms with Gasteiger partial charge in [-0.1, -0.05) is 20.8 Å². The Morgan fingerprint density at radius 2 is 2.04 bits per heavy atom. The van der Waals surface area contributed by atoms with Crippen LogP contribution in [0.25, 0.3) is 0 Å². The number of guanidine groups is 1. The van der Waals surface area contributed by atoms with Crippen LogP contribution in [0.1, 0.15) is 40.5 Å². The van der Waals surface area contributed by atoms with Crippen LogP contribution < -0.4 is 15.8 Å². The van der Waals surface area contributed by atoms with Gasteiger partial charge in [0, 0.05) is 32.2 Å². The number of sulfonamides is 1. The fraction of sp³-hybridized carbons (Fsp3) is 0.933. The van der Waals surface area contributed by atoms with E-state index >= 15 is 0 Å². The maximum Gasteiger partial charge on any atom is 0.210 e. The number of nitrogens with zero attached hydrogens (tertiary/aromatic N) is 1. The molecule has 23 heavy (non-hydrogen) atoms. The maximum absolute atomic E-state index is 11.0. The summed E-state index contributed by atoms with van der Waals surface area (Å²) in [5, 5.41) is 11.1. The predicted molar refractivity (Wildman–Crippen MR) is 93.9 cm³/mol.